The molecule has 0 aliphatic carbocycles. The van der Waals surface area contributed by atoms with Gasteiger partial charge >= 0.3 is 12.2 Å². The molecule has 0 bridgehead atoms. The molecular formula is C42H50N8O8. The third kappa shape index (κ3) is 7.08. The van der Waals surface area contributed by atoms with Gasteiger partial charge in [0.05, 0.1) is 50.1 Å². The third-order valence-electron chi connectivity index (χ3n) is 11.7. The van der Waals surface area contributed by atoms with E-state index >= 15 is 0 Å². The number of benzene rings is 2. The van der Waals surface area contributed by atoms with Gasteiger partial charge in [-0.25, -0.2) is 19.6 Å². The first-order valence-corrected chi connectivity index (χ1v) is 20.0. The molecule has 0 radical (unpaired) electrons. The minimum absolute atomic E-state index is 0.125. The second-order valence-corrected chi connectivity index (χ2v) is 16.1. The SMILES string of the molecule is COC(=O)NC(C(=O)N1CCC[C@H]1c1ncc(-c2cc3c4c(c2)OCc2cc(-c5cnc([C@@H]6CCCN6C(=O)[C@@H](NC(=O)OC)C(C)C)[nH]5)cc(c2-4)OC3)[nH]1)C(C)C. The van der Waals surface area contributed by atoms with Crippen molar-refractivity contribution >= 4 is 24.0 Å². The van der Waals surface area contributed by atoms with Gasteiger partial charge in [-0.3, -0.25) is 9.59 Å². The van der Waals surface area contributed by atoms with E-state index in [2.05, 4.69) is 32.7 Å². The summed E-state index contributed by atoms with van der Waals surface area (Å²) in [5.41, 5.74) is 7.39. The number of rotatable bonds is 10. The number of aromatic nitrogens is 4. The lowest BCUT2D eigenvalue weighted by Gasteiger charge is -2.30. The monoisotopic (exact) mass is 794 g/mol. The molecule has 2 fully saturated rings. The molecule has 4 N–H and O–H groups in total. The molecule has 16 nitrogen and oxygen atoms in total. The van der Waals surface area contributed by atoms with E-state index in [1.807, 2.05) is 39.8 Å². The summed E-state index contributed by atoms with van der Waals surface area (Å²) in [5, 5.41) is 5.40. The summed E-state index contributed by atoms with van der Waals surface area (Å²) < 4.78 is 22.4. The van der Waals surface area contributed by atoms with Gasteiger partial charge in [-0.1, -0.05) is 27.7 Å². The van der Waals surface area contributed by atoms with Gasteiger partial charge in [0.2, 0.25) is 11.8 Å². The number of hydrogen-bond acceptors (Lipinski definition) is 10. The third-order valence-corrected chi connectivity index (χ3v) is 11.7. The van der Waals surface area contributed by atoms with Gasteiger partial charge < -0.3 is 49.3 Å². The molecule has 2 aromatic carbocycles. The van der Waals surface area contributed by atoms with Gasteiger partial charge in [0.1, 0.15) is 48.4 Å². The number of ether oxygens (including phenoxy) is 4. The molecule has 8 rings (SSSR count). The Hall–Kier alpha value is -6.06. The van der Waals surface area contributed by atoms with Crippen molar-refractivity contribution in [2.75, 3.05) is 27.3 Å². The quantitative estimate of drug-likeness (QED) is 0.148. The van der Waals surface area contributed by atoms with Gasteiger partial charge in [-0.2, -0.15) is 0 Å². The van der Waals surface area contributed by atoms with Crippen LogP contribution in [0.3, 0.4) is 0 Å². The van der Waals surface area contributed by atoms with Gasteiger partial charge in [0.25, 0.3) is 0 Å². The van der Waals surface area contributed by atoms with Crippen molar-refractivity contribution in [1.29, 1.82) is 0 Å². The maximum absolute atomic E-state index is 13.7. The number of methoxy groups -OCH3 is 2. The van der Waals surface area contributed by atoms with Crippen LogP contribution in [0.1, 0.15) is 88.2 Å². The number of imidazole rings is 2. The minimum atomic E-state index is -0.712. The Morgan fingerprint density at radius 1 is 0.690 bits per heavy atom. The van der Waals surface area contributed by atoms with Crippen molar-refractivity contribution in [2.45, 2.75) is 90.8 Å². The van der Waals surface area contributed by atoms with E-state index in [1.165, 1.54) is 14.2 Å². The van der Waals surface area contributed by atoms with Crippen molar-refractivity contribution in [2.24, 2.45) is 11.8 Å². The van der Waals surface area contributed by atoms with Gasteiger partial charge in [-0.15, -0.1) is 0 Å². The number of carbonyl (C=O) groups is 4. The Balaban J connectivity index is 1.01. The predicted octanol–water partition coefficient (Wildman–Crippen LogP) is 6.01. The molecule has 16 heteroatoms. The smallest absolute Gasteiger partial charge is 0.407 e. The number of amides is 4. The fraction of sp³-hybridized carbons (Fsp3) is 0.476. The zero-order chi connectivity index (χ0) is 40.8. The van der Waals surface area contributed by atoms with E-state index in [0.29, 0.717) is 38.0 Å². The highest BCUT2D eigenvalue weighted by Gasteiger charge is 2.39. The molecule has 4 atom stereocenters. The van der Waals surface area contributed by atoms with Crippen LogP contribution in [0.15, 0.2) is 36.7 Å². The van der Waals surface area contributed by atoms with E-state index in [-0.39, 0.29) is 35.7 Å². The molecule has 0 saturated carbocycles. The number of alkyl carbamates (subject to hydrolysis) is 2. The van der Waals surface area contributed by atoms with E-state index < -0.39 is 24.3 Å². The fourth-order valence-corrected chi connectivity index (χ4v) is 8.68. The number of hydrogen-bond donors (Lipinski definition) is 4. The Labute approximate surface area is 336 Å². The number of carbonyl (C=O) groups excluding carboxylic acids is 4. The Morgan fingerprint density at radius 3 is 1.48 bits per heavy atom. The molecule has 1 unspecified atom stereocenters. The number of aromatic amines is 2. The fourth-order valence-electron chi connectivity index (χ4n) is 8.68. The normalized spacial score (nSPS) is 19.0. The average molecular weight is 795 g/mol. The van der Waals surface area contributed by atoms with Crippen molar-refractivity contribution in [3.63, 3.8) is 0 Å². The lowest BCUT2D eigenvalue weighted by atomic mass is 9.87. The Morgan fingerprint density at radius 2 is 1.10 bits per heavy atom. The molecule has 58 heavy (non-hydrogen) atoms. The maximum atomic E-state index is 13.7. The predicted molar refractivity (Wildman–Crippen MR) is 211 cm³/mol. The first-order chi connectivity index (χ1) is 27.9. The van der Waals surface area contributed by atoms with Crippen LogP contribution < -0.4 is 20.1 Å². The van der Waals surface area contributed by atoms with Crippen LogP contribution in [-0.2, 0) is 32.3 Å². The highest BCUT2D eigenvalue weighted by molar-refractivity contribution is 5.89. The lowest BCUT2D eigenvalue weighted by molar-refractivity contribution is -0.136. The summed E-state index contributed by atoms with van der Waals surface area (Å²) in [6.07, 6.45) is 5.46. The number of H-pyrrole nitrogens is 2. The largest absolute Gasteiger partial charge is 0.488 e. The lowest BCUT2D eigenvalue weighted by Crippen LogP contribution is -2.51. The zero-order valence-electron chi connectivity index (χ0n) is 33.6. The van der Waals surface area contributed by atoms with Gasteiger partial charge in [-0.05, 0) is 61.8 Å². The molecule has 306 valence electrons. The summed E-state index contributed by atoms with van der Waals surface area (Å²) in [6, 6.07) is 6.31. The summed E-state index contributed by atoms with van der Waals surface area (Å²) >= 11 is 0. The molecule has 2 saturated heterocycles. The van der Waals surface area contributed by atoms with Crippen LogP contribution in [0.5, 0.6) is 11.5 Å². The van der Waals surface area contributed by atoms with Crippen LogP contribution in [-0.4, -0.2) is 93.1 Å². The second kappa shape index (κ2) is 15.7. The average Bonchev–Trinajstić information content (AvgIpc) is 4.06. The minimum Gasteiger partial charge on any atom is -0.488 e. The first kappa shape index (κ1) is 38.8. The summed E-state index contributed by atoms with van der Waals surface area (Å²) in [7, 11) is 2.57. The summed E-state index contributed by atoms with van der Waals surface area (Å²) in [4.78, 5) is 71.4. The standard InChI is InChI=1S/C42H50N8O8/c1-21(2)35(47-41(53)55-5)39(51)49-11-7-9-29(49)37-43-17-27(45-37)23-13-25-19-58-32-16-24(14-26-20-57-31(15-23)33(25)34(26)32)28-18-44-38(46-28)30-10-8-12-50(30)40(52)36(22(3)4)48-42(54)56-6/h13-18,21-22,29-30,35-36H,7-12,19-20H2,1-6H3,(H,43,45)(H,44,46)(H,47,53)(H,48,54)/t29-,30-,35-,36?/m0/s1. The topological polar surface area (TPSA) is 193 Å². The highest BCUT2D eigenvalue weighted by Crippen LogP contribution is 2.51. The zero-order valence-corrected chi connectivity index (χ0v) is 33.6. The maximum Gasteiger partial charge on any atom is 0.407 e. The Kier molecular flexibility index (Phi) is 10.5. The summed E-state index contributed by atoms with van der Waals surface area (Å²) in [6.45, 7) is 9.41. The van der Waals surface area contributed by atoms with Crippen LogP contribution >= 0.6 is 0 Å². The van der Waals surface area contributed by atoms with Crippen molar-refractivity contribution < 1.29 is 38.1 Å². The molecule has 4 aliphatic heterocycles. The molecule has 6 heterocycles. The van der Waals surface area contributed by atoms with Crippen LogP contribution in [0.2, 0.25) is 0 Å². The highest BCUT2D eigenvalue weighted by atomic mass is 16.5. The Bertz CT molecular complexity index is 2040. The molecule has 4 amide bonds. The van der Waals surface area contributed by atoms with Crippen molar-refractivity contribution in [1.82, 2.24) is 40.4 Å². The van der Waals surface area contributed by atoms with Crippen molar-refractivity contribution in [3.05, 3.63) is 59.4 Å². The van der Waals surface area contributed by atoms with Crippen LogP contribution in [0, 0.1) is 11.8 Å². The van der Waals surface area contributed by atoms with E-state index in [4.69, 9.17) is 28.9 Å². The van der Waals surface area contributed by atoms with Crippen LogP contribution in [0.25, 0.3) is 33.6 Å². The van der Waals surface area contributed by atoms with E-state index in [0.717, 1.165) is 82.0 Å². The molecule has 4 aromatic rings. The molecular weight excluding hydrogens is 745 g/mol. The van der Waals surface area contributed by atoms with Gasteiger partial charge in [0, 0.05) is 46.5 Å². The van der Waals surface area contributed by atoms with Crippen LogP contribution in [0.4, 0.5) is 9.59 Å². The van der Waals surface area contributed by atoms with E-state index in [1.54, 1.807) is 22.2 Å². The summed E-state index contributed by atoms with van der Waals surface area (Å²) in [5.74, 6) is 2.33. The van der Waals surface area contributed by atoms with E-state index in [9.17, 15) is 19.2 Å². The molecule has 4 aliphatic rings. The second-order valence-electron chi connectivity index (χ2n) is 16.1. The number of likely N-dealkylation sites (tertiary alicyclic amines) is 2. The number of nitrogens with one attached hydrogen (secondary N) is 4. The number of nitrogens with zero attached hydrogens (tertiary/aromatic N) is 4. The van der Waals surface area contributed by atoms with Gasteiger partial charge in [0.15, 0.2) is 0 Å². The first-order valence-electron chi connectivity index (χ1n) is 20.0. The molecule has 0 spiro atoms. The van der Waals surface area contributed by atoms with Crippen molar-refractivity contribution in [3.8, 4) is 45.1 Å². The molecule has 2 aromatic heterocycles.